The Morgan fingerprint density at radius 3 is 2.74 bits per heavy atom. The third-order valence-electron chi connectivity index (χ3n) is 2.38. The third kappa shape index (κ3) is 4.40. The van der Waals surface area contributed by atoms with Gasteiger partial charge in [0.05, 0.1) is 10.6 Å². The molecule has 0 saturated carbocycles. The van der Waals surface area contributed by atoms with Gasteiger partial charge in [-0.1, -0.05) is 18.5 Å². The summed E-state index contributed by atoms with van der Waals surface area (Å²) in [6, 6.07) is 0.780. The Kier molecular flexibility index (Phi) is 5.57. The molecule has 1 amide bonds. The Morgan fingerprint density at radius 2 is 2.21 bits per heavy atom. The molecule has 0 aromatic carbocycles. The number of halogens is 1. The first-order valence-corrected chi connectivity index (χ1v) is 6.26. The molecule has 1 unspecified atom stereocenters. The summed E-state index contributed by atoms with van der Waals surface area (Å²) >= 11 is 5.91. The normalized spacial score (nSPS) is 11.7. The van der Waals surface area contributed by atoms with Gasteiger partial charge in [0.1, 0.15) is 11.9 Å². The van der Waals surface area contributed by atoms with Gasteiger partial charge in [-0.15, -0.1) is 0 Å². The average Bonchev–Trinajstić information content (AvgIpc) is 2.37. The summed E-state index contributed by atoms with van der Waals surface area (Å²) in [5.41, 5.74) is -0.00126. The van der Waals surface area contributed by atoms with Crippen LogP contribution in [-0.2, 0) is 4.79 Å². The average molecular weight is 286 g/mol. The van der Waals surface area contributed by atoms with E-state index >= 15 is 0 Å². The van der Waals surface area contributed by atoms with Crippen LogP contribution in [0.5, 0.6) is 0 Å². The molecule has 6 nitrogen and oxygen atoms in total. The van der Waals surface area contributed by atoms with Crippen molar-refractivity contribution in [2.75, 3.05) is 11.9 Å². The van der Waals surface area contributed by atoms with Crippen LogP contribution in [0.2, 0.25) is 5.02 Å². The fourth-order valence-corrected chi connectivity index (χ4v) is 1.55. The van der Waals surface area contributed by atoms with Crippen molar-refractivity contribution in [3.63, 3.8) is 0 Å². The van der Waals surface area contributed by atoms with Gasteiger partial charge in [0.25, 0.3) is 0 Å². The fourth-order valence-electron chi connectivity index (χ4n) is 1.33. The highest BCUT2D eigenvalue weighted by Gasteiger charge is 2.15. The van der Waals surface area contributed by atoms with E-state index in [1.807, 2.05) is 6.92 Å². The van der Waals surface area contributed by atoms with E-state index in [1.54, 1.807) is 6.92 Å². The van der Waals surface area contributed by atoms with Crippen LogP contribution in [0, 0.1) is 0 Å². The van der Waals surface area contributed by atoms with Crippen LogP contribution in [0.3, 0.4) is 0 Å². The van der Waals surface area contributed by atoms with E-state index in [1.165, 1.54) is 12.3 Å². The fraction of sp³-hybridized carbons (Fsp3) is 0.417. The maximum Gasteiger partial charge on any atom is 0.337 e. The van der Waals surface area contributed by atoms with E-state index in [2.05, 4.69) is 15.6 Å². The van der Waals surface area contributed by atoms with E-state index in [9.17, 15) is 9.59 Å². The number of carbonyl (C=O) groups excluding carboxylic acids is 1. The maximum absolute atomic E-state index is 11.7. The van der Waals surface area contributed by atoms with Crippen LogP contribution in [0.1, 0.15) is 30.6 Å². The molecule has 0 fully saturated rings. The molecule has 19 heavy (non-hydrogen) atoms. The van der Waals surface area contributed by atoms with Crippen LogP contribution in [-0.4, -0.2) is 34.6 Å². The molecule has 1 aromatic heterocycles. The van der Waals surface area contributed by atoms with Crippen LogP contribution < -0.4 is 10.6 Å². The lowest BCUT2D eigenvalue weighted by molar-refractivity contribution is -0.121. The van der Waals surface area contributed by atoms with Gasteiger partial charge < -0.3 is 15.7 Å². The minimum Gasteiger partial charge on any atom is -0.478 e. The molecule has 7 heteroatoms. The van der Waals surface area contributed by atoms with Gasteiger partial charge in [0.15, 0.2) is 0 Å². The maximum atomic E-state index is 11.7. The Hall–Kier alpha value is -1.82. The monoisotopic (exact) mass is 285 g/mol. The van der Waals surface area contributed by atoms with Crippen molar-refractivity contribution in [3.8, 4) is 0 Å². The second kappa shape index (κ2) is 6.94. The minimum absolute atomic E-state index is 0.00126. The van der Waals surface area contributed by atoms with Crippen LogP contribution >= 0.6 is 11.6 Å². The third-order valence-corrected chi connectivity index (χ3v) is 2.67. The Balaban J connectivity index is 2.71. The molecule has 1 heterocycles. The number of anilines is 1. The lowest BCUT2D eigenvalue weighted by Gasteiger charge is -2.15. The summed E-state index contributed by atoms with van der Waals surface area (Å²) in [6.07, 6.45) is 2.04. The highest BCUT2D eigenvalue weighted by molar-refractivity contribution is 6.33. The molecule has 0 spiro atoms. The minimum atomic E-state index is -1.10. The number of hydrogen-bond acceptors (Lipinski definition) is 4. The molecule has 1 rings (SSSR count). The van der Waals surface area contributed by atoms with Crippen molar-refractivity contribution in [1.29, 1.82) is 0 Å². The lowest BCUT2D eigenvalue weighted by atomic mass is 10.2. The van der Waals surface area contributed by atoms with E-state index in [0.717, 1.165) is 6.42 Å². The first-order valence-electron chi connectivity index (χ1n) is 5.88. The second-order valence-corrected chi connectivity index (χ2v) is 4.42. The topological polar surface area (TPSA) is 91.3 Å². The molecular formula is C12H16ClN3O3. The molecule has 0 radical (unpaired) electrons. The zero-order chi connectivity index (χ0) is 14.4. The number of carboxylic acid groups (broad SMARTS) is 1. The summed E-state index contributed by atoms with van der Waals surface area (Å²) in [4.78, 5) is 26.3. The Morgan fingerprint density at radius 1 is 1.53 bits per heavy atom. The van der Waals surface area contributed by atoms with E-state index in [0.29, 0.717) is 6.54 Å². The van der Waals surface area contributed by atoms with E-state index in [-0.39, 0.29) is 22.3 Å². The summed E-state index contributed by atoms with van der Waals surface area (Å²) in [5, 5.41) is 14.5. The molecule has 104 valence electrons. The number of carboxylic acids is 1. The quantitative estimate of drug-likeness (QED) is 0.741. The van der Waals surface area contributed by atoms with Gasteiger partial charge in [0, 0.05) is 12.7 Å². The molecule has 0 aliphatic rings. The van der Waals surface area contributed by atoms with Crippen molar-refractivity contribution in [2.45, 2.75) is 26.3 Å². The summed E-state index contributed by atoms with van der Waals surface area (Å²) in [7, 11) is 0. The molecular weight excluding hydrogens is 270 g/mol. The predicted octanol–water partition coefficient (Wildman–Crippen LogP) is 1.76. The van der Waals surface area contributed by atoms with Gasteiger partial charge in [-0.05, 0) is 19.4 Å². The lowest BCUT2D eigenvalue weighted by Crippen LogP contribution is -2.38. The van der Waals surface area contributed by atoms with Crippen molar-refractivity contribution in [2.24, 2.45) is 0 Å². The Labute approximate surface area is 116 Å². The number of carbonyl (C=O) groups is 2. The first kappa shape index (κ1) is 15.2. The second-order valence-electron chi connectivity index (χ2n) is 4.02. The smallest absolute Gasteiger partial charge is 0.337 e. The zero-order valence-corrected chi connectivity index (χ0v) is 11.5. The van der Waals surface area contributed by atoms with E-state index < -0.39 is 12.0 Å². The Bertz CT molecular complexity index is 479. The SMILES string of the molecule is CCCNC(=O)C(C)Nc1ncc(C(=O)O)cc1Cl. The van der Waals surface area contributed by atoms with Gasteiger partial charge in [-0.2, -0.15) is 0 Å². The summed E-state index contributed by atoms with van der Waals surface area (Å²) < 4.78 is 0. The highest BCUT2D eigenvalue weighted by atomic mass is 35.5. The number of aromatic carboxylic acids is 1. The molecule has 0 aliphatic heterocycles. The standard InChI is InChI=1S/C12H16ClN3O3/c1-3-4-14-11(17)7(2)16-10-9(13)5-8(6-15-10)12(18)19/h5-7H,3-4H2,1-2H3,(H,14,17)(H,15,16)(H,18,19). The molecule has 0 saturated heterocycles. The van der Waals surface area contributed by atoms with Crippen LogP contribution in [0.15, 0.2) is 12.3 Å². The van der Waals surface area contributed by atoms with Crippen molar-refractivity contribution in [1.82, 2.24) is 10.3 Å². The molecule has 1 aromatic rings. The number of nitrogens with one attached hydrogen (secondary N) is 2. The number of pyridine rings is 1. The predicted molar refractivity (Wildman–Crippen MR) is 72.6 cm³/mol. The largest absolute Gasteiger partial charge is 0.478 e. The van der Waals surface area contributed by atoms with Crippen molar-refractivity contribution in [3.05, 3.63) is 22.8 Å². The first-order chi connectivity index (χ1) is 8.95. The highest BCUT2D eigenvalue weighted by Crippen LogP contribution is 2.20. The molecule has 0 aliphatic carbocycles. The molecule has 0 bridgehead atoms. The van der Waals surface area contributed by atoms with Crippen LogP contribution in [0.4, 0.5) is 5.82 Å². The van der Waals surface area contributed by atoms with Crippen LogP contribution in [0.25, 0.3) is 0 Å². The van der Waals surface area contributed by atoms with Gasteiger partial charge in [-0.25, -0.2) is 9.78 Å². The summed E-state index contributed by atoms with van der Waals surface area (Å²) in [5.74, 6) is -0.984. The zero-order valence-electron chi connectivity index (χ0n) is 10.7. The molecule has 1 atom stereocenters. The number of aromatic nitrogens is 1. The number of nitrogens with zero attached hydrogens (tertiary/aromatic N) is 1. The van der Waals surface area contributed by atoms with Crippen molar-refractivity contribution >= 4 is 29.3 Å². The van der Waals surface area contributed by atoms with E-state index in [4.69, 9.17) is 16.7 Å². The number of rotatable bonds is 6. The van der Waals surface area contributed by atoms with Gasteiger partial charge in [0.2, 0.25) is 5.91 Å². The van der Waals surface area contributed by atoms with Gasteiger partial charge >= 0.3 is 5.97 Å². The molecule has 3 N–H and O–H groups in total. The summed E-state index contributed by atoms with van der Waals surface area (Å²) in [6.45, 7) is 4.24. The van der Waals surface area contributed by atoms with Crippen molar-refractivity contribution < 1.29 is 14.7 Å². The number of hydrogen-bond donors (Lipinski definition) is 3. The number of amides is 1. The van der Waals surface area contributed by atoms with Gasteiger partial charge in [-0.3, -0.25) is 4.79 Å².